The molecule has 1 aromatic carbocycles. The van der Waals surface area contributed by atoms with Gasteiger partial charge in [0.15, 0.2) is 0 Å². The monoisotopic (exact) mass is 314 g/mol. The first-order chi connectivity index (χ1) is 11.2. The molecular weight excluding hydrogens is 296 g/mol. The van der Waals surface area contributed by atoms with Crippen LogP contribution in [0.4, 0.5) is 5.69 Å². The molecule has 2 rings (SSSR count). The lowest BCUT2D eigenvalue weighted by atomic mass is 10.2. The van der Waals surface area contributed by atoms with Gasteiger partial charge in [0.1, 0.15) is 18.0 Å². The first-order valence-corrected chi connectivity index (χ1v) is 7.18. The second-order valence-corrected chi connectivity index (χ2v) is 4.61. The lowest BCUT2D eigenvalue weighted by Gasteiger charge is -2.21. The van der Waals surface area contributed by atoms with Crippen molar-refractivity contribution in [2.24, 2.45) is 0 Å². The standard InChI is InChI=1S/C17H18N2O4/c1-3-23-16(20)12-19(13-7-9-14(22-2)10-8-13)17(21)15-6-4-5-11-18-15/h4-11H,3,12H2,1-2H3. The molecule has 0 unspecified atom stereocenters. The van der Waals surface area contributed by atoms with Crippen LogP contribution in [0.5, 0.6) is 5.75 Å². The smallest absolute Gasteiger partial charge is 0.326 e. The molecule has 6 heteroatoms. The van der Waals surface area contributed by atoms with E-state index >= 15 is 0 Å². The van der Waals surface area contributed by atoms with E-state index in [0.717, 1.165) is 0 Å². The molecular formula is C17H18N2O4. The Morgan fingerprint density at radius 3 is 2.43 bits per heavy atom. The fraction of sp³-hybridized carbons (Fsp3) is 0.235. The van der Waals surface area contributed by atoms with E-state index in [1.165, 1.54) is 11.1 Å². The number of ether oxygens (including phenoxy) is 2. The molecule has 0 atom stereocenters. The van der Waals surface area contributed by atoms with Crippen molar-refractivity contribution in [3.63, 3.8) is 0 Å². The van der Waals surface area contributed by atoms with E-state index < -0.39 is 5.97 Å². The summed E-state index contributed by atoms with van der Waals surface area (Å²) < 4.78 is 10.1. The van der Waals surface area contributed by atoms with Crippen molar-refractivity contribution in [1.82, 2.24) is 4.98 Å². The summed E-state index contributed by atoms with van der Waals surface area (Å²) in [6.45, 7) is 1.79. The molecule has 0 spiro atoms. The Hall–Kier alpha value is -2.89. The van der Waals surface area contributed by atoms with Crippen molar-refractivity contribution < 1.29 is 19.1 Å². The molecule has 6 nitrogen and oxygen atoms in total. The lowest BCUT2D eigenvalue weighted by Crippen LogP contribution is -2.37. The van der Waals surface area contributed by atoms with Gasteiger partial charge >= 0.3 is 5.97 Å². The first kappa shape index (κ1) is 16.5. The molecule has 0 radical (unpaired) electrons. The number of aromatic nitrogens is 1. The molecule has 0 aliphatic heterocycles. The SMILES string of the molecule is CCOC(=O)CN(C(=O)c1ccccn1)c1ccc(OC)cc1. The number of hydrogen-bond donors (Lipinski definition) is 0. The topological polar surface area (TPSA) is 68.7 Å². The average Bonchev–Trinajstić information content (AvgIpc) is 2.60. The summed E-state index contributed by atoms with van der Waals surface area (Å²) in [5, 5.41) is 0. The maximum atomic E-state index is 12.7. The molecule has 1 amide bonds. The Bertz CT molecular complexity index is 656. The Morgan fingerprint density at radius 1 is 1.13 bits per heavy atom. The number of amides is 1. The predicted octanol–water partition coefficient (Wildman–Crippen LogP) is 2.30. The number of methoxy groups -OCH3 is 1. The van der Waals surface area contributed by atoms with Gasteiger partial charge in [-0.2, -0.15) is 0 Å². The third-order valence-electron chi connectivity index (χ3n) is 3.11. The van der Waals surface area contributed by atoms with Gasteiger partial charge in [0.2, 0.25) is 0 Å². The molecule has 120 valence electrons. The molecule has 23 heavy (non-hydrogen) atoms. The third kappa shape index (κ3) is 4.29. The Kier molecular flexibility index (Phi) is 5.68. The average molecular weight is 314 g/mol. The molecule has 1 aromatic heterocycles. The van der Waals surface area contributed by atoms with Crippen LogP contribution in [0.1, 0.15) is 17.4 Å². The summed E-state index contributed by atoms with van der Waals surface area (Å²) in [5.41, 5.74) is 0.821. The first-order valence-electron chi connectivity index (χ1n) is 7.18. The summed E-state index contributed by atoms with van der Waals surface area (Å²) in [4.78, 5) is 29.9. The van der Waals surface area contributed by atoms with Crippen molar-refractivity contribution in [1.29, 1.82) is 0 Å². The number of hydrogen-bond acceptors (Lipinski definition) is 5. The van der Waals surface area contributed by atoms with E-state index in [9.17, 15) is 9.59 Å². The number of benzene rings is 1. The van der Waals surface area contributed by atoms with Crippen LogP contribution >= 0.6 is 0 Å². The van der Waals surface area contributed by atoms with Crippen molar-refractivity contribution in [2.75, 3.05) is 25.2 Å². The second kappa shape index (κ2) is 7.93. The van der Waals surface area contributed by atoms with E-state index in [-0.39, 0.29) is 24.8 Å². The zero-order valence-electron chi connectivity index (χ0n) is 13.1. The number of carbonyl (C=O) groups is 2. The summed E-state index contributed by atoms with van der Waals surface area (Å²) >= 11 is 0. The van der Waals surface area contributed by atoms with Crippen molar-refractivity contribution in [2.45, 2.75) is 6.92 Å². The van der Waals surface area contributed by atoms with Crippen molar-refractivity contribution in [3.8, 4) is 5.75 Å². The van der Waals surface area contributed by atoms with Crippen molar-refractivity contribution >= 4 is 17.6 Å². The highest BCUT2D eigenvalue weighted by Gasteiger charge is 2.22. The minimum absolute atomic E-state index is 0.185. The lowest BCUT2D eigenvalue weighted by molar-refractivity contribution is -0.141. The number of carbonyl (C=O) groups excluding carboxylic acids is 2. The third-order valence-corrected chi connectivity index (χ3v) is 3.11. The Balaban J connectivity index is 2.30. The van der Waals surface area contributed by atoms with Crippen LogP contribution in [0.25, 0.3) is 0 Å². The van der Waals surface area contributed by atoms with Gasteiger partial charge in [0.25, 0.3) is 5.91 Å². The minimum atomic E-state index is -0.479. The largest absolute Gasteiger partial charge is 0.497 e. The van der Waals surface area contributed by atoms with Crippen LogP contribution < -0.4 is 9.64 Å². The fourth-order valence-corrected chi connectivity index (χ4v) is 2.01. The number of pyridine rings is 1. The molecule has 0 aliphatic carbocycles. The molecule has 1 heterocycles. The van der Waals surface area contributed by atoms with Gasteiger partial charge in [-0.1, -0.05) is 6.07 Å². The highest BCUT2D eigenvalue weighted by atomic mass is 16.5. The van der Waals surface area contributed by atoms with Crippen molar-refractivity contribution in [3.05, 3.63) is 54.4 Å². The van der Waals surface area contributed by atoms with Gasteiger partial charge in [-0.25, -0.2) is 0 Å². The van der Waals surface area contributed by atoms with E-state index in [1.807, 2.05) is 0 Å². The van der Waals surface area contributed by atoms with Gasteiger partial charge in [0.05, 0.1) is 13.7 Å². The van der Waals surface area contributed by atoms with Crippen LogP contribution in [0, 0.1) is 0 Å². The number of rotatable bonds is 6. The molecule has 0 fully saturated rings. The van der Waals surface area contributed by atoms with Gasteiger partial charge < -0.3 is 9.47 Å². The van der Waals surface area contributed by atoms with E-state index in [0.29, 0.717) is 11.4 Å². The number of esters is 1. The van der Waals surface area contributed by atoms with Gasteiger partial charge in [-0.15, -0.1) is 0 Å². The zero-order chi connectivity index (χ0) is 16.7. The maximum absolute atomic E-state index is 12.7. The maximum Gasteiger partial charge on any atom is 0.326 e. The zero-order valence-corrected chi connectivity index (χ0v) is 13.1. The van der Waals surface area contributed by atoms with Crippen LogP contribution in [0.15, 0.2) is 48.7 Å². The Labute approximate surface area is 134 Å². The van der Waals surface area contributed by atoms with Gasteiger partial charge in [-0.05, 0) is 43.3 Å². The highest BCUT2D eigenvalue weighted by Crippen LogP contribution is 2.20. The summed E-state index contributed by atoms with van der Waals surface area (Å²) in [7, 11) is 1.56. The second-order valence-electron chi connectivity index (χ2n) is 4.61. The van der Waals surface area contributed by atoms with Gasteiger partial charge in [-0.3, -0.25) is 19.5 Å². The summed E-state index contributed by atoms with van der Waals surface area (Å²) in [6.07, 6.45) is 1.53. The number of nitrogens with zero attached hydrogens (tertiary/aromatic N) is 2. The van der Waals surface area contributed by atoms with E-state index in [1.54, 1.807) is 56.5 Å². The molecule has 0 N–H and O–H groups in total. The molecule has 0 bridgehead atoms. The van der Waals surface area contributed by atoms with E-state index in [4.69, 9.17) is 9.47 Å². The normalized spacial score (nSPS) is 10.0. The minimum Gasteiger partial charge on any atom is -0.497 e. The predicted molar refractivity (Wildman–Crippen MR) is 85.5 cm³/mol. The van der Waals surface area contributed by atoms with Crippen LogP contribution in [-0.4, -0.2) is 37.1 Å². The molecule has 0 saturated heterocycles. The number of anilines is 1. The molecule has 2 aromatic rings. The highest BCUT2D eigenvalue weighted by molar-refractivity contribution is 6.07. The fourth-order valence-electron chi connectivity index (χ4n) is 2.01. The molecule has 0 saturated carbocycles. The summed E-state index contributed by atoms with van der Waals surface area (Å²) in [5.74, 6) is -0.188. The summed E-state index contributed by atoms with van der Waals surface area (Å²) in [6, 6.07) is 11.9. The van der Waals surface area contributed by atoms with Crippen LogP contribution in [0.3, 0.4) is 0 Å². The Morgan fingerprint density at radius 2 is 1.87 bits per heavy atom. The molecule has 0 aliphatic rings. The quantitative estimate of drug-likeness (QED) is 0.765. The van der Waals surface area contributed by atoms with Gasteiger partial charge in [0, 0.05) is 11.9 Å². The van der Waals surface area contributed by atoms with Crippen LogP contribution in [0.2, 0.25) is 0 Å². The van der Waals surface area contributed by atoms with Crippen LogP contribution in [-0.2, 0) is 9.53 Å². The van der Waals surface area contributed by atoms with E-state index in [2.05, 4.69) is 4.98 Å².